The molecule has 4 heteroatoms. The van der Waals surface area contributed by atoms with Gasteiger partial charge in [0.15, 0.2) is 5.82 Å². The fourth-order valence-corrected chi connectivity index (χ4v) is 1.80. The molecular weight excluding hydrogens is 228 g/mol. The molecule has 2 rings (SSSR count). The Hall–Kier alpha value is -1.78. The Labute approximate surface area is 107 Å². The second-order valence-electron chi connectivity index (χ2n) is 3.92. The molecule has 0 radical (unpaired) electrons. The number of aromatic nitrogens is 2. The van der Waals surface area contributed by atoms with E-state index in [-0.39, 0.29) is 0 Å². The molecule has 0 aliphatic heterocycles. The standard InChI is InChI=1S/C14H16N2O2/c1-10-6-4-5-7-11(10)13-15-9-8-12(16-13)14(17-2)18-3/h4-9,14H,1-3H3. The molecule has 94 valence electrons. The van der Waals surface area contributed by atoms with Crippen molar-refractivity contribution in [3.8, 4) is 11.4 Å². The van der Waals surface area contributed by atoms with Crippen molar-refractivity contribution in [3.63, 3.8) is 0 Å². The zero-order valence-corrected chi connectivity index (χ0v) is 10.8. The Kier molecular flexibility index (Phi) is 4.02. The van der Waals surface area contributed by atoms with Crippen molar-refractivity contribution in [2.75, 3.05) is 14.2 Å². The average Bonchev–Trinajstić information content (AvgIpc) is 2.41. The molecule has 0 fully saturated rings. The predicted molar refractivity (Wildman–Crippen MR) is 69.0 cm³/mol. The van der Waals surface area contributed by atoms with E-state index >= 15 is 0 Å². The number of rotatable bonds is 4. The summed E-state index contributed by atoms with van der Waals surface area (Å²) in [4.78, 5) is 8.78. The average molecular weight is 244 g/mol. The van der Waals surface area contributed by atoms with Crippen LogP contribution in [0.1, 0.15) is 17.5 Å². The van der Waals surface area contributed by atoms with E-state index in [1.165, 1.54) is 0 Å². The largest absolute Gasteiger partial charge is 0.350 e. The second-order valence-corrected chi connectivity index (χ2v) is 3.92. The minimum atomic E-state index is -0.462. The molecule has 1 heterocycles. The summed E-state index contributed by atoms with van der Waals surface area (Å²) in [5.41, 5.74) is 2.87. The molecule has 2 aromatic rings. The quantitative estimate of drug-likeness (QED) is 0.776. The third kappa shape index (κ3) is 2.55. The van der Waals surface area contributed by atoms with Crippen molar-refractivity contribution in [2.45, 2.75) is 13.2 Å². The van der Waals surface area contributed by atoms with Crippen molar-refractivity contribution in [2.24, 2.45) is 0 Å². The van der Waals surface area contributed by atoms with Crippen LogP contribution in [-0.2, 0) is 9.47 Å². The summed E-state index contributed by atoms with van der Waals surface area (Å²) in [7, 11) is 3.17. The van der Waals surface area contributed by atoms with Gasteiger partial charge in [-0.05, 0) is 18.6 Å². The second kappa shape index (κ2) is 5.71. The maximum Gasteiger partial charge on any atom is 0.200 e. The van der Waals surface area contributed by atoms with Crippen molar-refractivity contribution < 1.29 is 9.47 Å². The molecule has 0 amide bonds. The number of nitrogens with zero attached hydrogens (tertiary/aromatic N) is 2. The normalized spacial score (nSPS) is 10.9. The van der Waals surface area contributed by atoms with Gasteiger partial charge in [0, 0.05) is 26.0 Å². The number of hydrogen-bond acceptors (Lipinski definition) is 4. The summed E-state index contributed by atoms with van der Waals surface area (Å²) in [6.45, 7) is 2.04. The lowest BCUT2D eigenvalue weighted by atomic mass is 10.1. The molecule has 0 unspecified atom stereocenters. The minimum Gasteiger partial charge on any atom is -0.350 e. The maximum absolute atomic E-state index is 5.19. The zero-order chi connectivity index (χ0) is 13.0. The van der Waals surface area contributed by atoms with Gasteiger partial charge >= 0.3 is 0 Å². The molecular formula is C14H16N2O2. The highest BCUT2D eigenvalue weighted by atomic mass is 16.7. The van der Waals surface area contributed by atoms with Gasteiger partial charge in [-0.25, -0.2) is 9.97 Å². The van der Waals surface area contributed by atoms with Gasteiger partial charge in [-0.15, -0.1) is 0 Å². The topological polar surface area (TPSA) is 44.2 Å². The summed E-state index contributed by atoms with van der Waals surface area (Å²) in [6.07, 6.45) is 1.26. The fourth-order valence-electron chi connectivity index (χ4n) is 1.80. The van der Waals surface area contributed by atoms with Crippen LogP contribution < -0.4 is 0 Å². The highest BCUT2D eigenvalue weighted by Crippen LogP contribution is 2.21. The summed E-state index contributed by atoms with van der Waals surface area (Å²) >= 11 is 0. The van der Waals surface area contributed by atoms with Crippen molar-refractivity contribution in [1.82, 2.24) is 9.97 Å². The van der Waals surface area contributed by atoms with E-state index in [0.717, 1.165) is 11.1 Å². The molecule has 0 saturated heterocycles. The highest BCUT2D eigenvalue weighted by Gasteiger charge is 2.12. The monoisotopic (exact) mass is 244 g/mol. The molecule has 0 saturated carbocycles. The lowest BCUT2D eigenvalue weighted by Gasteiger charge is -2.13. The van der Waals surface area contributed by atoms with Gasteiger partial charge in [0.2, 0.25) is 6.29 Å². The molecule has 0 aliphatic carbocycles. The number of hydrogen-bond donors (Lipinski definition) is 0. The van der Waals surface area contributed by atoms with Gasteiger partial charge in [-0.2, -0.15) is 0 Å². The van der Waals surface area contributed by atoms with Crippen LogP contribution in [0.5, 0.6) is 0 Å². The summed E-state index contributed by atoms with van der Waals surface area (Å²) < 4.78 is 10.4. The Morgan fingerprint density at radius 3 is 2.44 bits per heavy atom. The van der Waals surface area contributed by atoms with E-state index < -0.39 is 6.29 Å². The van der Waals surface area contributed by atoms with Crippen LogP contribution in [0.15, 0.2) is 36.5 Å². The number of methoxy groups -OCH3 is 2. The summed E-state index contributed by atoms with van der Waals surface area (Å²) in [6, 6.07) is 9.80. The number of benzene rings is 1. The molecule has 0 N–H and O–H groups in total. The van der Waals surface area contributed by atoms with Crippen molar-refractivity contribution in [3.05, 3.63) is 47.8 Å². The van der Waals surface area contributed by atoms with Gasteiger partial charge in [-0.1, -0.05) is 24.3 Å². The van der Waals surface area contributed by atoms with Crippen LogP contribution in [0, 0.1) is 6.92 Å². The highest BCUT2D eigenvalue weighted by molar-refractivity contribution is 5.59. The van der Waals surface area contributed by atoms with Crippen molar-refractivity contribution >= 4 is 0 Å². The van der Waals surface area contributed by atoms with Gasteiger partial charge in [0.05, 0.1) is 0 Å². The molecule has 0 bridgehead atoms. The SMILES string of the molecule is COC(OC)c1ccnc(-c2ccccc2C)n1. The van der Waals surface area contributed by atoms with E-state index in [0.29, 0.717) is 11.5 Å². The van der Waals surface area contributed by atoms with Gasteiger partial charge in [-0.3, -0.25) is 0 Å². The minimum absolute atomic E-state index is 0.462. The van der Waals surface area contributed by atoms with Gasteiger partial charge < -0.3 is 9.47 Å². The summed E-state index contributed by atoms with van der Waals surface area (Å²) in [5, 5.41) is 0. The fraction of sp³-hybridized carbons (Fsp3) is 0.286. The Morgan fingerprint density at radius 1 is 1.06 bits per heavy atom. The van der Waals surface area contributed by atoms with Crippen molar-refractivity contribution in [1.29, 1.82) is 0 Å². The van der Waals surface area contributed by atoms with E-state index in [1.54, 1.807) is 26.5 Å². The first kappa shape index (κ1) is 12.7. The van der Waals surface area contributed by atoms with Crippen LogP contribution in [0.4, 0.5) is 0 Å². The van der Waals surface area contributed by atoms with Crippen LogP contribution >= 0.6 is 0 Å². The Morgan fingerprint density at radius 2 is 1.78 bits per heavy atom. The molecule has 0 aliphatic rings. The van der Waals surface area contributed by atoms with Gasteiger partial charge in [0.1, 0.15) is 5.69 Å². The van der Waals surface area contributed by atoms with E-state index in [4.69, 9.17) is 9.47 Å². The first-order valence-corrected chi connectivity index (χ1v) is 5.70. The Balaban J connectivity index is 2.42. The predicted octanol–water partition coefficient (Wildman–Crippen LogP) is 2.74. The molecule has 18 heavy (non-hydrogen) atoms. The molecule has 0 atom stereocenters. The molecule has 0 spiro atoms. The van der Waals surface area contributed by atoms with E-state index in [2.05, 4.69) is 9.97 Å². The molecule has 4 nitrogen and oxygen atoms in total. The molecule has 1 aromatic carbocycles. The first-order valence-electron chi connectivity index (χ1n) is 5.70. The summed E-state index contributed by atoms with van der Waals surface area (Å²) in [5.74, 6) is 0.685. The zero-order valence-electron chi connectivity index (χ0n) is 10.8. The van der Waals surface area contributed by atoms with Crippen LogP contribution in [0.2, 0.25) is 0 Å². The Bertz CT molecular complexity index is 525. The van der Waals surface area contributed by atoms with E-state index in [9.17, 15) is 0 Å². The maximum atomic E-state index is 5.19. The lowest BCUT2D eigenvalue weighted by molar-refractivity contribution is -0.108. The first-order chi connectivity index (χ1) is 8.76. The van der Waals surface area contributed by atoms with E-state index in [1.807, 2.05) is 31.2 Å². The lowest BCUT2D eigenvalue weighted by Crippen LogP contribution is -2.07. The number of aryl methyl sites for hydroxylation is 1. The van der Waals surface area contributed by atoms with Crippen LogP contribution in [-0.4, -0.2) is 24.2 Å². The van der Waals surface area contributed by atoms with Gasteiger partial charge in [0.25, 0.3) is 0 Å². The number of ether oxygens (including phenoxy) is 2. The van der Waals surface area contributed by atoms with Crippen LogP contribution in [0.3, 0.4) is 0 Å². The smallest absolute Gasteiger partial charge is 0.200 e. The molecule has 1 aromatic heterocycles. The third-order valence-corrected chi connectivity index (χ3v) is 2.73. The third-order valence-electron chi connectivity index (χ3n) is 2.73. The van der Waals surface area contributed by atoms with Crippen LogP contribution in [0.25, 0.3) is 11.4 Å².